The van der Waals surface area contributed by atoms with Gasteiger partial charge in [-0.25, -0.2) is 0 Å². The Morgan fingerprint density at radius 2 is 1.52 bits per heavy atom. The number of thiophene rings is 1. The van der Waals surface area contributed by atoms with Crippen molar-refractivity contribution >= 4 is 28.0 Å². The van der Waals surface area contributed by atoms with E-state index in [0.29, 0.717) is 0 Å². The van der Waals surface area contributed by atoms with Crippen molar-refractivity contribution in [2.75, 3.05) is 4.90 Å². The summed E-state index contributed by atoms with van der Waals surface area (Å²) in [5, 5.41) is 10.9. The number of rotatable bonds is 3. The fraction of sp³-hybridized carbons (Fsp3) is 0. The van der Waals surface area contributed by atoms with Crippen LogP contribution < -0.4 is 10.6 Å². The van der Waals surface area contributed by atoms with E-state index in [-0.39, 0.29) is 5.96 Å². The van der Waals surface area contributed by atoms with Gasteiger partial charge in [0.25, 0.3) is 0 Å². The lowest BCUT2D eigenvalue weighted by Gasteiger charge is -2.20. The Morgan fingerprint density at radius 1 is 0.905 bits per heavy atom. The van der Waals surface area contributed by atoms with E-state index in [1.807, 2.05) is 48.5 Å². The van der Waals surface area contributed by atoms with Gasteiger partial charge in [-0.1, -0.05) is 48.5 Å². The number of benzene rings is 2. The molecule has 0 unspecified atom stereocenters. The Bertz CT molecular complexity index is 735. The van der Waals surface area contributed by atoms with E-state index in [2.05, 4.69) is 23.6 Å². The molecule has 0 saturated carbocycles. The van der Waals surface area contributed by atoms with E-state index in [1.54, 1.807) is 16.2 Å². The third-order valence-electron chi connectivity index (χ3n) is 3.17. The number of hydrogen-bond donors (Lipinski definition) is 2. The lowest BCUT2D eigenvalue weighted by molar-refractivity contribution is 1.28. The summed E-state index contributed by atoms with van der Waals surface area (Å²) in [5.74, 6) is 0.0164. The maximum absolute atomic E-state index is 7.85. The fourth-order valence-corrected chi connectivity index (χ4v) is 3.14. The van der Waals surface area contributed by atoms with Crippen molar-refractivity contribution in [1.82, 2.24) is 0 Å². The fourth-order valence-electron chi connectivity index (χ4n) is 2.19. The molecule has 3 aromatic rings. The van der Waals surface area contributed by atoms with Crippen LogP contribution in [0.4, 0.5) is 10.7 Å². The third kappa shape index (κ3) is 2.80. The number of hydrogen-bond acceptors (Lipinski definition) is 2. The average molecular weight is 293 g/mol. The van der Waals surface area contributed by atoms with Crippen LogP contribution in [-0.2, 0) is 0 Å². The lowest BCUT2D eigenvalue weighted by Crippen LogP contribution is -2.31. The Kier molecular flexibility index (Phi) is 3.71. The first kappa shape index (κ1) is 13.4. The van der Waals surface area contributed by atoms with Gasteiger partial charge in [0.1, 0.15) is 5.00 Å². The van der Waals surface area contributed by atoms with Gasteiger partial charge in [0.15, 0.2) is 5.96 Å². The standard InChI is InChI=1S/C17H15N3S/c18-17(19)20(15-9-5-2-6-10-15)16-11-14(12-21-16)13-7-3-1-4-8-13/h1-12H,(H3,18,19). The number of para-hydroxylation sites is 1. The molecule has 1 heterocycles. The second-order valence-corrected chi connectivity index (χ2v) is 5.49. The number of guanidine groups is 1. The molecule has 3 N–H and O–H groups in total. The van der Waals surface area contributed by atoms with Gasteiger partial charge in [0, 0.05) is 11.1 Å². The van der Waals surface area contributed by atoms with Crippen LogP contribution in [0.1, 0.15) is 0 Å². The van der Waals surface area contributed by atoms with Gasteiger partial charge in [-0.15, -0.1) is 11.3 Å². The van der Waals surface area contributed by atoms with Crippen molar-refractivity contribution in [2.45, 2.75) is 0 Å². The zero-order valence-electron chi connectivity index (χ0n) is 11.4. The molecule has 0 radical (unpaired) electrons. The van der Waals surface area contributed by atoms with E-state index >= 15 is 0 Å². The van der Waals surface area contributed by atoms with Gasteiger partial charge < -0.3 is 5.73 Å². The zero-order valence-corrected chi connectivity index (χ0v) is 12.2. The van der Waals surface area contributed by atoms with Gasteiger partial charge in [0.2, 0.25) is 0 Å². The van der Waals surface area contributed by atoms with Gasteiger partial charge in [-0.3, -0.25) is 10.3 Å². The van der Waals surface area contributed by atoms with Crippen molar-refractivity contribution in [3.05, 3.63) is 72.1 Å². The van der Waals surface area contributed by atoms with E-state index in [1.165, 1.54) is 0 Å². The molecule has 1 aromatic heterocycles. The number of nitrogens with one attached hydrogen (secondary N) is 1. The van der Waals surface area contributed by atoms with Crippen LogP contribution in [0.15, 0.2) is 72.1 Å². The van der Waals surface area contributed by atoms with Crippen molar-refractivity contribution in [3.63, 3.8) is 0 Å². The van der Waals surface area contributed by atoms with Crippen molar-refractivity contribution in [1.29, 1.82) is 5.41 Å². The van der Waals surface area contributed by atoms with Crippen LogP contribution in [0.2, 0.25) is 0 Å². The van der Waals surface area contributed by atoms with Crippen LogP contribution >= 0.6 is 11.3 Å². The summed E-state index contributed by atoms with van der Waals surface area (Å²) in [7, 11) is 0. The first-order valence-corrected chi connectivity index (χ1v) is 7.47. The SMILES string of the molecule is N=C(N)N(c1ccccc1)c1cc(-c2ccccc2)cs1. The number of nitrogens with two attached hydrogens (primary N) is 1. The minimum absolute atomic E-state index is 0.0164. The first-order chi connectivity index (χ1) is 10.3. The molecule has 4 heteroatoms. The molecule has 3 nitrogen and oxygen atoms in total. The average Bonchev–Trinajstić information content (AvgIpc) is 2.98. The number of nitrogens with zero attached hydrogens (tertiary/aromatic N) is 1. The largest absolute Gasteiger partial charge is 0.369 e. The summed E-state index contributed by atoms with van der Waals surface area (Å²) >= 11 is 1.58. The maximum Gasteiger partial charge on any atom is 0.198 e. The maximum atomic E-state index is 7.85. The normalized spacial score (nSPS) is 10.3. The molecule has 0 spiro atoms. The summed E-state index contributed by atoms with van der Waals surface area (Å²) in [6.45, 7) is 0. The van der Waals surface area contributed by atoms with Crippen molar-refractivity contribution < 1.29 is 0 Å². The molecule has 0 atom stereocenters. The van der Waals surface area contributed by atoms with E-state index < -0.39 is 0 Å². The van der Waals surface area contributed by atoms with Crippen LogP contribution in [0.5, 0.6) is 0 Å². The molecule has 0 aliphatic carbocycles. The summed E-state index contributed by atoms with van der Waals surface area (Å²) in [6, 6.07) is 22.0. The minimum atomic E-state index is 0.0164. The molecule has 2 aromatic carbocycles. The predicted octanol–water partition coefficient (Wildman–Crippen LogP) is 4.45. The van der Waals surface area contributed by atoms with Crippen molar-refractivity contribution in [2.24, 2.45) is 5.73 Å². The van der Waals surface area contributed by atoms with Crippen LogP contribution in [-0.4, -0.2) is 5.96 Å². The Hall–Kier alpha value is -2.59. The van der Waals surface area contributed by atoms with E-state index in [0.717, 1.165) is 21.8 Å². The molecular weight excluding hydrogens is 278 g/mol. The smallest absolute Gasteiger partial charge is 0.198 e. The van der Waals surface area contributed by atoms with Gasteiger partial charge in [-0.2, -0.15) is 0 Å². The predicted molar refractivity (Wildman–Crippen MR) is 90.3 cm³/mol. The number of anilines is 2. The Labute approximate surface area is 127 Å². The topological polar surface area (TPSA) is 53.1 Å². The molecule has 0 saturated heterocycles. The highest BCUT2D eigenvalue weighted by Gasteiger charge is 2.14. The minimum Gasteiger partial charge on any atom is -0.369 e. The molecule has 104 valence electrons. The molecule has 0 fully saturated rings. The summed E-state index contributed by atoms with van der Waals surface area (Å²) in [5.41, 5.74) is 8.96. The second kappa shape index (κ2) is 5.81. The van der Waals surface area contributed by atoms with Crippen LogP contribution in [0, 0.1) is 5.41 Å². The van der Waals surface area contributed by atoms with Gasteiger partial charge in [-0.05, 0) is 29.3 Å². The molecular formula is C17H15N3S. The van der Waals surface area contributed by atoms with E-state index in [9.17, 15) is 0 Å². The van der Waals surface area contributed by atoms with E-state index in [4.69, 9.17) is 11.1 Å². The molecule has 0 amide bonds. The summed E-state index contributed by atoms with van der Waals surface area (Å²) in [6.07, 6.45) is 0. The first-order valence-electron chi connectivity index (χ1n) is 6.59. The van der Waals surface area contributed by atoms with Crippen molar-refractivity contribution in [3.8, 4) is 11.1 Å². The molecule has 0 aliphatic rings. The molecule has 21 heavy (non-hydrogen) atoms. The molecule has 3 rings (SSSR count). The highest BCUT2D eigenvalue weighted by atomic mass is 32.1. The van der Waals surface area contributed by atoms with Crippen LogP contribution in [0.3, 0.4) is 0 Å². The zero-order chi connectivity index (χ0) is 14.7. The Morgan fingerprint density at radius 3 is 2.14 bits per heavy atom. The Balaban J connectivity index is 1.99. The third-order valence-corrected chi connectivity index (χ3v) is 4.08. The lowest BCUT2D eigenvalue weighted by atomic mass is 10.1. The molecule has 0 bridgehead atoms. The summed E-state index contributed by atoms with van der Waals surface area (Å²) in [4.78, 5) is 1.75. The second-order valence-electron chi connectivity index (χ2n) is 4.60. The quantitative estimate of drug-likeness (QED) is 0.554. The van der Waals surface area contributed by atoms with Gasteiger partial charge in [0.05, 0.1) is 0 Å². The summed E-state index contributed by atoms with van der Waals surface area (Å²) < 4.78 is 0. The monoisotopic (exact) mass is 293 g/mol. The van der Waals surface area contributed by atoms with Crippen LogP contribution in [0.25, 0.3) is 11.1 Å². The highest BCUT2D eigenvalue weighted by molar-refractivity contribution is 7.14. The molecule has 0 aliphatic heterocycles. The van der Waals surface area contributed by atoms with Gasteiger partial charge >= 0.3 is 0 Å². The highest BCUT2D eigenvalue weighted by Crippen LogP contribution is 2.35.